The Labute approximate surface area is 212 Å². The van der Waals surface area contributed by atoms with Crippen LogP contribution in [0.5, 0.6) is 5.75 Å². The number of hydrogen-bond acceptors (Lipinski definition) is 6. The monoisotopic (exact) mass is 487 g/mol. The maximum Gasteiger partial charge on any atom is 0.257 e. The second-order valence-electron chi connectivity index (χ2n) is 8.94. The quantitative estimate of drug-likeness (QED) is 0.595. The topological polar surface area (TPSA) is 78.0 Å². The molecule has 8 nitrogen and oxygen atoms in total. The van der Waals surface area contributed by atoms with Gasteiger partial charge in [0.25, 0.3) is 5.91 Å². The molecule has 2 heterocycles. The van der Waals surface area contributed by atoms with Crippen molar-refractivity contribution in [2.45, 2.75) is 19.9 Å². The third kappa shape index (κ3) is 6.01. The Morgan fingerprint density at radius 1 is 0.972 bits per heavy atom. The molecule has 0 aliphatic carbocycles. The first kappa shape index (κ1) is 25.2. The maximum absolute atomic E-state index is 13.9. The number of rotatable bonds is 4. The van der Waals surface area contributed by atoms with Crippen LogP contribution in [0.3, 0.4) is 0 Å². The van der Waals surface area contributed by atoms with Gasteiger partial charge in [-0.25, -0.2) is 4.98 Å². The van der Waals surface area contributed by atoms with E-state index in [0.717, 1.165) is 36.4 Å². The Morgan fingerprint density at radius 2 is 1.81 bits per heavy atom. The first-order valence-electron chi connectivity index (χ1n) is 12.2. The van der Waals surface area contributed by atoms with Crippen LogP contribution in [0.1, 0.15) is 29.3 Å². The molecule has 0 saturated carbocycles. The Hall–Kier alpha value is -3.91. The van der Waals surface area contributed by atoms with Gasteiger partial charge < -0.3 is 24.8 Å². The van der Waals surface area contributed by atoms with Gasteiger partial charge in [-0.2, -0.15) is 0 Å². The Bertz CT molecular complexity index is 1220. The molecule has 4 rings (SSSR count). The largest absolute Gasteiger partial charge is 0.497 e. The number of aromatic nitrogens is 1. The van der Waals surface area contributed by atoms with Gasteiger partial charge in [0.15, 0.2) is 0 Å². The number of likely N-dealkylation sites (N-methyl/N-ethyl adjacent to an activating group) is 1. The molecule has 188 valence electrons. The Balaban J connectivity index is 1.67. The lowest BCUT2D eigenvalue weighted by Crippen LogP contribution is -2.37. The van der Waals surface area contributed by atoms with Crippen LogP contribution in [0.2, 0.25) is 0 Å². The number of pyridine rings is 1. The summed E-state index contributed by atoms with van der Waals surface area (Å²) >= 11 is 0. The van der Waals surface area contributed by atoms with E-state index in [1.807, 2.05) is 65.4 Å². The van der Waals surface area contributed by atoms with Crippen LogP contribution >= 0.6 is 0 Å². The summed E-state index contributed by atoms with van der Waals surface area (Å²) < 4.78 is 5.32. The molecular weight excluding hydrogens is 454 g/mol. The van der Waals surface area contributed by atoms with E-state index >= 15 is 0 Å². The zero-order valence-electron chi connectivity index (χ0n) is 21.1. The number of fused-ring (bicyclic) bond motifs is 1. The first-order chi connectivity index (χ1) is 17.5. The number of anilines is 3. The fourth-order valence-electron chi connectivity index (χ4n) is 4.40. The van der Waals surface area contributed by atoms with Crippen LogP contribution in [0.15, 0.2) is 66.9 Å². The van der Waals surface area contributed by atoms with Gasteiger partial charge >= 0.3 is 0 Å². The molecule has 0 saturated heterocycles. The SMILES string of the molecule is COc1cccc(Nc2ncccc2C(=O)N2CCN(C)CCCN(C(C)=O)c3ccccc3C2)c1. The zero-order chi connectivity index (χ0) is 25.5. The van der Waals surface area contributed by atoms with E-state index in [1.54, 1.807) is 32.4 Å². The maximum atomic E-state index is 13.9. The van der Waals surface area contributed by atoms with E-state index in [-0.39, 0.29) is 11.8 Å². The summed E-state index contributed by atoms with van der Waals surface area (Å²) in [5.74, 6) is 1.08. The minimum atomic E-state index is -0.120. The van der Waals surface area contributed by atoms with Gasteiger partial charge in [-0.05, 0) is 55.9 Å². The van der Waals surface area contributed by atoms with E-state index in [2.05, 4.69) is 15.2 Å². The van der Waals surface area contributed by atoms with Crippen molar-refractivity contribution in [3.8, 4) is 5.75 Å². The van der Waals surface area contributed by atoms with E-state index in [9.17, 15) is 9.59 Å². The second-order valence-corrected chi connectivity index (χ2v) is 8.94. The van der Waals surface area contributed by atoms with Gasteiger partial charge in [-0.3, -0.25) is 9.59 Å². The number of para-hydroxylation sites is 1. The molecule has 1 N–H and O–H groups in total. The van der Waals surface area contributed by atoms with Crippen molar-refractivity contribution in [2.75, 3.05) is 50.6 Å². The minimum absolute atomic E-state index is 0.000684. The van der Waals surface area contributed by atoms with Crippen molar-refractivity contribution in [1.82, 2.24) is 14.8 Å². The third-order valence-corrected chi connectivity index (χ3v) is 6.35. The molecule has 0 unspecified atom stereocenters. The van der Waals surface area contributed by atoms with E-state index < -0.39 is 0 Å². The van der Waals surface area contributed by atoms with Crippen LogP contribution in [0.25, 0.3) is 0 Å². The highest BCUT2D eigenvalue weighted by Gasteiger charge is 2.24. The lowest BCUT2D eigenvalue weighted by atomic mass is 10.1. The van der Waals surface area contributed by atoms with Crippen LogP contribution in [0, 0.1) is 0 Å². The number of carbonyl (C=O) groups is 2. The van der Waals surface area contributed by atoms with Crippen molar-refractivity contribution < 1.29 is 14.3 Å². The number of amides is 2. The lowest BCUT2D eigenvalue weighted by molar-refractivity contribution is -0.116. The normalized spacial score (nSPS) is 15.0. The summed E-state index contributed by atoms with van der Waals surface area (Å²) in [4.78, 5) is 36.8. The number of hydrogen-bond donors (Lipinski definition) is 1. The molecule has 2 amide bonds. The van der Waals surface area contributed by atoms with E-state index in [1.165, 1.54) is 0 Å². The van der Waals surface area contributed by atoms with Crippen LogP contribution < -0.4 is 15.0 Å². The summed E-state index contributed by atoms with van der Waals surface area (Å²) in [6, 6.07) is 18.9. The number of benzene rings is 2. The molecule has 1 aromatic heterocycles. The number of nitrogens with zero attached hydrogens (tertiary/aromatic N) is 4. The highest BCUT2D eigenvalue weighted by molar-refractivity contribution is 5.99. The molecule has 8 heteroatoms. The molecule has 0 fully saturated rings. The molecule has 1 aliphatic heterocycles. The summed E-state index contributed by atoms with van der Waals surface area (Å²) in [6.45, 7) is 4.74. The summed E-state index contributed by atoms with van der Waals surface area (Å²) in [6.07, 6.45) is 2.52. The number of nitrogens with one attached hydrogen (secondary N) is 1. The number of carbonyl (C=O) groups excluding carboxylic acids is 2. The molecule has 3 aromatic rings. The van der Waals surface area contributed by atoms with Gasteiger partial charge in [0.2, 0.25) is 5.91 Å². The van der Waals surface area contributed by atoms with Crippen molar-refractivity contribution in [1.29, 1.82) is 0 Å². The molecule has 1 aliphatic rings. The first-order valence-corrected chi connectivity index (χ1v) is 12.2. The Kier molecular flexibility index (Phi) is 8.17. The lowest BCUT2D eigenvalue weighted by Gasteiger charge is -2.28. The third-order valence-electron chi connectivity index (χ3n) is 6.35. The van der Waals surface area contributed by atoms with E-state index in [4.69, 9.17) is 4.74 Å². The summed E-state index contributed by atoms with van der Waals surface area (Å²) in [5.41, 5.74) is 3.06. The van der Waals surface area contributed by atoms with Crippen molar-refractivity contribution in [2.24, 2.45) is 0 Å². The molecule has 0 radical (unpaired) electrons. The van der Waals surface area contributed by atoms with Crippen LogP contribution in [-0.2, 0) is 11.3 Å². The fourth-order valence-corrected chi connectivity index (χ4v) is 4.40. The second kappa shape index (κ2) is 11.7. The minimum Gasteiger partial charge on any atom is -0.497 e. The number of methoxy groups -OCH3 is 1. The van der Waals surface area contributed by atoms with Crippen molar-refractivity contribution >= 4 is 29.0 Å². The van der Waals surface area contributed by atoms with E-state index in [0.29, 0.717) is 36.8 Å². The fraction of sp³-hybridized carbons (Fsp3) is 0.321. The van der Waals surface area contributed by atoms with Crippen molar-refractivity contribution in [3.05, 3.63) is 78.0 Å². The van der Waals surface area contributed by atoms with Gasteiger partial charge in [-0.1, -0.05) is 24.3 Å². The molecular formula is C28H33N5O3. The predicted molar refractivity (Wildman–Crippen MR) is 142 cm³/mol. The summed E-state index contributed by atoms with van der Waals surface area (Å²) in [7, 11) is 3.66. The standard InChI is InChI=1S/C28H33N5O3/c1-21(34)33-16-8-15-31(2)17-18-32(20-22-9-4-5-13-26(22)33)28(35)25-12-7-14-29-27(25)30-23-10-6-11-24(19-23)36-3/h4-7,9-14,19H,8,15-18,20H2,1-3H3,(H,29,30). The van der Waals surface area contributed by atoms with Gasteiger partial charge in [0, 0.05) is 56.7 Å². The molecule has 0 atom stereocenters. The van der Waals surface area contributed by atoms with Gasteiger partial charge in [0.05, 0.1) is 12.7 Å². The zero-order valence-corrected chi connectivity index (χ0v) is 21.1. The van der Waals surface area contributed by atoms with Gasteiger partial charge in [0.1, 0.15) is 11.6 Å². The Morgan fingerprint density at radius 3 is 2.61 bits per heavy atom. The van der Waals surface area contributed by atoms with Crippen LogP contribution in [0.4, 0.5) is 17.2 Å². The molecule has 0 bridgehead atoms. The van der Waals surface area contributed by atoms with Gasteiger partial charge in [-0.15, -0.1) is 0 Å². The predicted octanol–water partition coefficient (Wildman–Crippen LogP) is 4.16. The highest BCUT2D eigenvalue weighted by atomic mass is 16.5. The van der Waals surface area contributed by atoms with Crippen LogP contribution in [-0.4, -0.2) is 66.9 Å². The van der Waals surface area contributed by atoms with Crippen molar-refractivity contribution in [3.63, 3.8) is 0 Å². The molecule has 0 spiro atoms. The summed E-state index contributed by atoms with van der Waals surface area (Å²) in [5, 5.41) is 3.28. The molecule has 2 aromatic carbocycles. The average molecular weight is 488 g/mol. The number of ether oxygens (including phenoxy) is 1. The highest BCUT2D eigenvalue weighted by Crippen LogP contribution is 2.26. The molecule has 36 heavy (non-hydrogen) atoms. The average Bonchev–Trinajstić information content (AvgIpc) is 2.92. The smallest absolute Gasteiger partial charge is 0.257 e.